The number of nitrogens with zero attached hydrogens (tertiary/aromatic N) is 2. The Morgan fingerprint density at radius 1 is 0.947 bits per heavy atom. The first kappa shape index (κ1) is 47.8. The van der Waals surface area contributed by atoms with E-state index < -0.39 is 96.1 Å². The molecule has 0 aliphatic carbocycles. The van der Waals surface area contributed by atoms with Crippen LogP contribution in [0.5, 0.6) is 0 Å². The maximum absolute atomic E-state index is 14.6. The molecule has 0 radical (unpaired) electrons. The molecule has 0 aromatic rings. The van der Waals surface area contributed by atoms with Gasteiger partial charge in [0, 0.05) is 51.7 Å². The fraction of sp³-hybridized carbons (Fsp3) is 0.905. The number of aliphatic hydroxyl groups excluding tert-OH is 2. The Hall–Kier alpha value is -1.92. The number of carbonyl (C=O) groups excluding carboxylic acids is 2. The van der Waals surface area contributed by atoms with E-state index in [1.54, 1.807) is 34.8 Å². The molecule has 0 saturated carbocycles. The summed E-state index contributed by atoms with van der Waals surface area (Å²) in [7, 11) is 7.01. The van der Waals surface area contributed by atoms with Gasteiger partial charge in [-0.15, -0.1) is 6.58 Å². The minimum atomic E-state index is -1.31. The van der Waals surface area contributed by atoms with Crippen LogP contribution in [0.3, 0.4) is 0 Å². The quantitative estimate of drug-likeness (QED) is 0.237. The van der Waals surface area contributed by atoms with Gasteiger partial charge in [0.2, 0.25) is 0 Å². The molecule has 0 unspecified atom stereocenters. The van der Waals surface area contributed by atoms with Crippen LogP contribution >= 0.6 is 0 Å². The number of fused-ring (bicyclic) bond motifs is 1. The first-order valence-corrected chi connectivity index (χ1v) is 20.8. The summed E-state index contributed by atoms with van der Waals surface area (Å²) in [6.07, 6.45) is -5.58. The van der Waals surface area contributed by atoms with E-state index in [1.807, 2.05) is 59.7 Å². The second-order valence-corrected chi connectivity index (χ2v) is 18.0. The average Bonchev–Trinajstić information content (AvgIpc) is 3.47. The fourth-order valence-corrected chi connectivity index (χ4v) is 9.80. The van der Waals surface area contributed by atoms with E-state index in [9.17, 15) is 19.8 Å². The van der Waals surface area contributed by atoms with Crippen LogP contribution in [0, 0.1) is 17.8 Å². The second-order valence-electron chi connectivity index (χ2n) is 18.0. The van der Waals surface area contributed by atoms with Crippen molar-refractivity contribution in [2.75, 3.05) is 41.4 Å². The molecule has 57 heavy (non-hydrogen) atoms. The van der Waals surface area contributed by atoms with E-state index in [2.05, 4.69) is 18.4 Å². The summed E-state index contributed by atoms with van der Waals surface area (Å²) in [5, 5.41) is 22.8. The van der Waals surface area contributed by atoms with E-state index in [0.717, 1.165) is 0 Å². The lowest BCUT2D eigenvalue weighted by atomic mass is 9.77. The second kappa shape index (κ2) is 19.2. The molecular weight excluding hydrogens is 740 g/mol. The smallest absolute Gasteiger partial charge is 0.458 e. The Labute approximate surface area is 340 Å². The van der Waals surface area contributed by atoms with Crippen molar-refractivity contribution in [3.8, 4) is 0 Å². The predicted octanol–water partition coefficient (Wildman–Crippen LogP) is 4.29. The van der Waals surface area contributed by atoms with Crippen LogP contribution in [0.4, 0.5) is 4.79 Å². The number of esters is 1. The zero-order valence-electron chi connectivity index (χ0n) is 37.0. The molecule has 4 rings (SSSR count). The van der Waals surface area contributed by atoms with Crippen molar-refractivity contribution < 1.29 is 62.4 Å². The molecule has 330 valence electrons. The minimum absolute atomic E-state index is 0.0289. The summed E-state index contributed by atoms with van der Waals surface area (Å²) in [5.41, 5.74) is -3.35. The van der Waals surface area contributed by atoms with Gasteiger partial charge in [0.15, 0.2) is 24.3 Å². The largest absolute Gasteiger partial charge is 0.509 e. The molecule has 0 aromatic heterocycles. The van der Waals surface area contributed by atoms with Crippen LogP contribution in [0.15, 0.2) is 12.7 Å². The monoisotopic (exact) mass is 815 g/mol. The highest BCUT2D eigenvalue weighted by Gasteiger charge is 2.58. The zero-order chi connectivity index (χ0) is 42.8. The highest BCUT2D eigenvalue weighted by atomic mass is 16.8. The molecule has 15 heteroatoms. The fourth-order valence-electron chi connectivity index (χ4n) is 9.80. The lowest BCUT2D eigenvalue weighted by molar-refractivity contribution is -0.319. The number of hydrogen-bond donors (Lipinski definition) is 2. The Bertz CT molecular complexity index is 1360. The number of rotatable bonds is 10. The summed E-state index contributed by atoms with van der Waals surface area (Å²) in [5.74, 6) is -2.19. The topological polar surface area (TPSA) is 164 Å². The summed E-state index contributed by atoms with van der Waals surface area (Å²) in [4.78, 5) is 31.7. The Morgan fingerprint density at radius 3 is 2.18 bits per heavy atom. The van der Waals surface area contributed by atoms with Crippen molar-refractivity contribution in [1.29, 1.82) is 0 Å². The molecular formula is C42H74N2O13. The van der Waals surface area contributed by atoms with Gasteiger partial charge in [-0.3, -0.25) is 9.69 Å². The van der Waals surface area contributed by atoms with Crippen molar-refractivity contribution >= 4 is 12.1 Å². The molecule has 18 atom stereocenters. The first-order chi connectivity index (χ1) is 26.6. The summed E-state index contributed by atoms with van der Waals surface area (Å²) >= 11 is 0. The van der Waals surface area contributed by atoms with Gasteiger partial charge in [0.05, 0.1) is 41.5 Å². The van der Waals surface area contributed by atoms with Crippen LogP contribution < -0.4 is 0 Å². The van der Waals surface area contributed by atoms with Crippen LogP contribution in [0.1, 0.15) is 94.9 Å². The Kier molecular flexibility index (Phi) is 16.1. The van der Waals surface area contributed by atoms with Crippen molar-refractivity contribution in [1.82, 2.24) is 9.80 Å². The normalized spacial score (nSPS) is 46.9. The molecule has 0 spiro atoms. The molecule has 0 bridgehead atoms. The van der Waals surface area contributed by atoms with Gasteiger partial charge < -0.3 is 57.7 Å². The Morgan fingerprint density at radius 2 is 1.60 bits per heavy atom. The molecule has 4 aliphatic heterocycles. The molecule has 4 aliphatic rings. The van der Waals surface area contributed by atoms with Crippen molar-refractivity contribution in [3.05, 3.63) is 12.7 Å². The third kappa shape index (κ3) is 10.2. The van der Waals surface area contributed by atoms with Crippen molar-refractivity contribution in [2.24, 2.45) is 17.8 Å². The van der Waals surface area contributed by atoms with Gasteiger partial charge in [0.1, 0.15) is 18.3 Å². The van der Waals surface area contributed by atoms with Crippen molar-refractivity contribution in [3.63, 3.8) is 0 Å². The minimum Gasteiger partial charge on any atom is -0.458 e. The molecule has 0 amide bonds. The summed E-state index contributed by atoms with van der Waals surface area (Å²) < 4.78 is 56.9. The summed E-state index contributed by atoms with van der Waals surface area (Å²) in [6.45, 7) is 23.9. The third-order valence-corrected chi connectivity index (χ3v) is 13.3. The number of aliphatic hydroxyl groups is 2. The van der Waals surface area contributed by atoms with Gasteiger partial charge in [-0.1, -0.05) is 26.8 Å². The highest BCUT2D eigenvalue weighted by molar-refractivity contribution is 5.73. The zero-order valence-corrected chi connectivity index (χ0v) is 37.0. The highest BCUT2D eigenvalue weighted by Crippen LogP contribution is 2.42. The van der Waals surface area contributed by atoms with Gasteiger partial charge in [0.25, 0.3) is 0 Å². The van der Waals surface area contributed by atoms with Gasteiger partial charge >= 0.3 is 12.1 Å². The van der Waals surface area contributed by atoms with Crippen LogP contribution in [-0.2, 0) is 47.4 Å². The van der Waals surface area contributed by atoms with Crippen molar-refractivity contribution in [2.45, 2.75) is 185 Å². The molecule has 4 fully saturated rings. The number of carbonyl (C=O) groups is 2. The standard InChI is InChI=1S/C42H74N2O13/c1-16-18-44-22-23(3)20-41(10,50-15)35(55-38-32(45)29(43(12)13)19-24(4)51-38)25(5)33(54-31-21-40(9,49-14)34(46)28(8)52-31)26(6)37(47)53-30(17-2)42(11)36(27(44)7)56-39(48)57-42/h16,23-36,38,45-46H,1,17-22H2,2-15H3/t23-,24+,25+,26-,27-,28-,29-,30+,31-,32+,33+,34-,35+,36+,38-,40+,41+,42+/m0/s1. The van der Waals surface area contributed by atoms with E-state index in [4.69, 9.17) is 42.6 Å². The van der Waals surface area contributed by atoms with Gasteiger partial charge in [-0.05, 0) is 87.7 Å². The number of cyclic esters (lactones) is 1. The molecule has 15 nitrogen and oxygen atoms in total. The van der Waals surface area contributed by atoms with Crippen LogP contribution in [0.2, 0.25) is 0 Å². The van der Waals surface area contributed by atoms with Crippen LogP contribution in [0.25, 0.3) is 0 Å². The predicted molar refractivity (Wildman–Crippen MR) is 211 cm³/mol. The number of methoxy groups -OCH3 is 2. The van der Waals surface area contributed by atoms with E-state index in [1.165, 1.54) is 7.11 Å². The average molecular weight is 815 g/mol. The van der Waals surface area contributed by atoms with E-state index >= 15 is 0 Å². The Balaban J connectivity index is 1.89. The number of likely N-dealkylation sites (N-methyl/N-ethyl adjacent to an activating group) is 1. The van der Waals surface area contributed by atoms with Gasteiger partial charge in [-0.25, -0.2) is 4.79 Å². The van der Waals surface area contributed by atoms with Crippen LogP contribution in [-0.4, -0.2) is 164 Å². The SMILES string of the molecule is C=CCN1C[C@@H](C)C[C@@](C)(OC)[C@H](O[C@@H]2O[C@H](C)C[C@H](N(C)C)[C@H]2O)[C@H](C)[C@@H](O[C@H]2C[C@@](C)(OC)[C@@H](O)[C@H](C)O2)[C@H](C)C(=O)O[C@H](CC)[C@@]2(C)OC(=O)O[C@@H]2[C@@H]1C. The molecule has 2 N–H and O–H groups in total. The summed E-state index contributed by atoms with van der Waals surface area (Å²) in [6, 6.07) is -0.600. The lowest BCUT2D eigenvalue weighted by Gasteiger charge is -2.49. The first-order valence-electron chi connectivity index (χ1n) is 20.8. The molecule has 4 saturated heterocycles. The maximum Gasteiger partial charge on any atom is 0.509 e. The number of ether oxygens (including phenoxy) is 9. The van der Waals surface area contributed by atoms with Gasteiger partial charge in [-0.2, -0.15) is 0 Å². The molecule has 0 aromatic carbocycles. The lowest BCUT2D eigenvalue weighted by Crippen LogP contribution is -2.61. The molecule has 4 heterocycles. The van der Waals surface area contributed by atoms with E-state index in [0.29, 0.717) is 32.4 Å². The third-order valence-electron chi connectivity index (χ3n) is 13.3. The number of hydrogen-bond acceptors (Lipinski definition) is 15. The van der Waals surface area contributed by atoms with E-state index in [-0.39, 0.29) is 30.5 Å². The maximum atomic E-state index is 14.6.